The Balaban J connectivity index is 1.56. The minimum atomic E-state index is -0.280. The molecule has 180 valence electrons. The van der Waals surface area contributed by atoms with Crippen molar-refractivity contribution in [3.05, 3.63) is 81.2 Å². The molecule has 0 atom stereocenters. The number of anilines is 2. The van der Waals surface area contributed by atoms with Crippen LogP contribution in [0.3, 0.4) is 0 Å². The van der Waals surface area contributed by atoms with Crippen LogP contribution in [-0.4, -0.2) is 35.0 Å². The number of carbonyl (C=O) groups excluding carboxylic acids is 1. The number of amides is 1. The van der Waals surface area contributed by atoms with Crippen molar-refractivity contribution in [2.45, 2.75) is 40.0 Å². The molecule has 5 rings (SSSR count). The third-order valence-corrected chi connectivity index (χ3v) is 7.16. The molecule has 35 heavy (non-hydrogen) atoms. The third kappa shape index (κ3) is 3.91. The Hall–Kier alpha value is -3.87. The maximum absolute atomic E-state index is 13.1. The largest absolute Gasteiger partial charge is 0.366 e. The number of nitro groups is 1. The number of rotatable bonds is 5. The predicted octanol–water partition coefficient (Wildman–Crippen LogP) is 5.90. The molecule has 7 heteroatoms. The summed E-state index contributed by atoms with van der Waals surface area (Å²) in [7, 11) is 0. The van der Waals surface area contributed by atoms with Crippen LogP contribution in [0.4, 0.5) is 17.1 Å². The summed E-state index contributed by atoms with van der Waals surface area (Å²) in [5.41, 5.74) is 6.96. The summed E-state index contributed by atoms with van der Waals surface area (Å²) in [5.74, 6) is 0.0000235. The van der Waals surface area contributed by atoms with Crippen molar-refractivity contribution in [1.82, 2.24) is 4.57 Å². The van der Waals surface area contributed by atoms with Gasteiger partial charge in [-0.3, -0.25) is 14.9 Å². The SMILES string of the molecule is CCN1C(=O)/C(=C/c2cc(C)n(-c3ccc(N4CCCCC4)c([N+](=O)[O-])c3)c2C)c2ccccc21. The second kappa shape index (κ2) is 9.06. The number of fused-ring (bicyclic) bond motifs is 1. The van der Waals surface area contributed by atoms with Crippen LogP contribution in [0.2, 0.25) is 0 Å². The highest BCUT2D eigenvalue weighted by atomic mass is 16.6. The molecular weight excluding hydrogens is 440 g/mol. The summed E-state index contributed by atoms with van der Waals surface area (Å²) < 4.78 is 2.03. The van der Waals surface area contributed by atoms with Crippen LogP contribution >= 0.6 is 0 Å². The second-order valence-corrected chi connectivity index (χ2v) is 9.26. The van der Waals surface area contributed by atoms with Gasteiger partial charge in [-0.1, -0.05) is 18.2 Å². The van der Waals surface area contributed by atoms with E-state index in [0.29, 0.717) is 17.8 Å². The number of nitro benzene ring substituents is 1. The molecule has 7 nitrogen and oxygen atoms in total. The minimum absolute atomic E-state index is 0.0000235. The van der Waals surface area contributed by atoms with Gasteiger partial charge in [0.1, 0.15) is 5.69 Å². The number of hydrogen-bond donors (Lipinski definition) is 0. The van der Waals surface area contributed by atoms with E-state index in [9.17, 15) is 14.9 Å². The average molecular weight is 471 g/mol. The lowest BCUT2D eigenvalue weighted by Crippen LogP contribution is -2.30. The molecule has 2 aromatic carbocycles. The van der Waals surface area contributed by atoms with E-state index in [-0.39, 0.29) is 16.5 Å². The van der Waals surface area contributed by atoms with Crippen molar-refractivity contribution in [1.29, 1.82) is 0 Å². The molecule has 0 radical (unpaired) electrons. The van der Waals surface area contributed by atoms with Crippen LogP contribution in [0.25, 0.3) is 17.3 Å². The first-order chi connectivity index (χ1) is 16.9. The number of aryl methyl sites for hydroxylation is 1. The molecule has 2 aliphatic heterocycles. The van der Waals surface area contributed by atoms with Gasteiger partial charge in [-0.2, -0.15) is 0 Å². The molecule has 0 saturated carbocycles. The molecule has 0 spiro atoms. The van der Waals surface area contributed by atoms with Gasteiger partial charge in [0.25, 0.3) is 11.6 Å². The van der Waals surface area contributed by atoms with Crippen molar-refractivity contribution in [3.63, 3.8) is 0 Å². The van der Waals surface area contributed by atoms with Crippen molar-refractivity contribution >= 4 is 34.6 Å². The number of benzene rings is 2. The first-order valence-corrected chi connectivity index (χ1v) is 12.3. The lowest BCUT2D eigenvalue weighted by Gasteiger charge is -2.28. The Kier molecular flexibility index (Phi) is 5.93. The molecule has 1 fully saturated rings. The van der Waals surface area contributed by atoms with Gasteiger partial charge >= 0.3 is 0 Å². The van der Waals surface area contributed by atoms with E-state index in [1.165, 1.54) is 6.42 Å². The van der Waals surface area contributed by atoms with E-state index in [0.717, 1.165) is 59.8 Å². The van der Waals surface area contributed by atoms with Crippen LogP contribution < -0.4 is 9.80 Å². The monoisotopic (exact) mass is 470 g/mol. The van der Waals surface area contributed by atoms with Gasteiger partial charge in [0, 0.05) is 48.2 Å². The minimum Gasteiger partial charge on any atom is -0.366 e. The third-order valence-electron chi connectivity index (χ3n) is 7.16. The molecule has 0 N–H and O–H groups in total. The van der Waals surface area contributed by atoms with Crippen LogP contribution in [0.15, 0.2) is 48.5 Å². The number of carbonyl (C=O) groups is 1. The molecule has 2 aliphatic rings. The van der Waals surface area contributed by atoms with Gasteiger partial charge in [-0.25, -0.2) is 0 Å². The Morgan fingerprint density at radius 2 is 1.74 bits per heavy atom. The Labute approximate surface area is 205 Å². The number of piperidine rings is 1. The number of nitrogens with zero attached hydrogens (tertiary/aromatic N) is 4. The van der Waals surface area contributed by atoms with Crippen LogP contribution in [-0.2, 0) is 4.79 Å². The smallest absolute Gasteiger partial charge is 0.294 e. The number of para-hydroxylation sites is 1. The highest BCUT2D eigenvalue weighted by Crippen LogP contribution is 2.39. The first-order valence-electron chi connectivity index (χ1n) is 12.3. The summed E-state index contributed by atoms with van der Waals surface area (Å²) in [6.45, 7) is 8.27. The van der Waals surface area contributed by atoms with Crippen molar-refractivity contribution < 1.29 is 9.72 Å². The summed E-state index contributed by atoms with van der Waals surface area (Å²) in [5, 5.41) is 12.0. The van der Waals surface area contributed by atoms with Crippen molar-refractivity contribution in [2.75, 3.05) is 29.4 Å². The van der Waals surface area contributed by atoms with Crippen LogP contribution in [0.5, 0.6) is 0 Å². The second-order valence-electron chi connectivity index (χ2n) is 9.26. The predicted molar refractivity (Wildman–Crippen MR) is 140 cm³/mol. The Morgan fingerprint density at radius 3 is 2.46 bits per heavy atom. The lowest BCUT2D eigenvalue weighted by atomic mass is 10.0. The van der Waals surface area contributed by atoms with Crippen molar-refractivity contribution in [2.24, 2.45) is 0 Å². The highest BCUT2D eigenvalue weighted by molar-refractivity contribution is 6.35. The fourth-order valence-electron chi connectivity index (χ4n) is 5.45. The zero-order valence-corrected chi connectivity index (χ0v) is 20.5. The molecule has 3 heterocycles. The highest BCUT2D eigenvalue weighted by Gasteiger charge is 2.31. The molecule has 0 unspecified atom stereocenters. The summed E-state index contributed by atoms with van der Waals surface area (Å²) in [4.78, 5) is 28.8. The summed E-state index contributed by atoms with van der Waals surface area (Å²) in [6, 6.07) is 15.4. The van der Waals surface area contributed by atoms with E-state index < -0.39 is 0 Å². The van der Waals surface area contributed by atoms with Gasteiger partial charge < -0.3 is 14.4 Å². The summed E-state index contributed by atoms with van der Waals surface area (Å²) in [6.07, 6.45) is 5.24. The molecule has 1 aromatic heterocycles. The molecular formula is C28H30N4O3. The number of likely N-dealkylation sites (N-methyl/N-ethyl adjacent to an activating group) is 1. The Morgan fingerprint density at radius 1 is 1.00 bits per heavy atom. The van der Waals surface area contributed by atoms with Gasteiger partial charge in [0.05, 0.1) is 16.3 Å². The van der Waals surface area contributed by atoms with Gasteiger partial charge in [-0.15, -0.1) is 0 Å². The first kappa shape index (κ1) is 22.9. The number of hydrogen-bond acceptors (Lipinski definition) is 4. The number of aromatic nitrogens is 1. The van der Waals surface area contributed by atoms with Gasteiger partial charge in [-0.05, 0) is 75.9 Å². The van der Waals surface area contributed by atoms with Crippen molar-refractivity contribution in [3.8, 4) is 5.69 Å². The van der Waals surface area contributed by atoms with E-state index in [1.54, 1.807) is 11.0 Å². The maximum Gasteiger partial charge on any atom is 0.294 e. The quantitative estimate of drug-likeness (QED) is 0.264. The fourth-order valence-corrected chi connectivity index (χ4v) is 5.45. The van der Waals surface area contributed by atoms with Gasteiger partial charge in [0.2, 0.25) is 0 Å². The molecule has 0 aliphatic carbocycles. The zero-order valence-electron chi connectivity index (χ0n) is 20.5. The molecule has 1 saturated heterocycles. The molecule has 0 bridgehead atoms. The van der Waals surface area contributed by atoms with E-state index in [1.807, 2.05) is 73.9 Å². The molecule has 3 aromatic rings. The standard InChI is InChI=1S/C28H30N4O3/c1-4-30-25-11-7-6-10-23(25)24(28(30)33)17-21-16-19(2)31(20(21)3)22-12-13-26(27(18-22)32(34)35)29-14-8-5-9-15-29/h6-7,10-13,16-18H,4-5,8-9,14-15H2,1-3H3/b24-17+. The fraction of sp³-hybridized carbons (Fsp3) is 0.321. The lowest BCUT2D eigenvalue weighted by molar-refractivity contribution is -0.384. The van der Waals surface area contributed by atoms with Crippen LogP contribution in [0, 0.1) is 24.0 Å². The normalized spacial score (nSPS) is 16.8. The van der Waals surface area contributed by atoms with E-state index in [4.69, 9.17) is 0 Å². The topological polar surface area (TPSA) is 71.6 Å². The van der Waals surface area contributed by atoms with E-state index >= 15 is 0 Å². The van der Waals surface area contributed by atoms with Crippen LogP contribution in [0.1, 0.15) is 48.7 Å². The van der Waals surface area contributed by atoms with Gasteiger partial charge in [0.15, 0.2) is 0 Å². The Bertz CT molecular complexity index is 1350. The van der Waals surface area contributed by atoms with E-state index in [2.05, 4.69) is 4.90 Å². The molecule has 1 amide bonds. The maximum atomic E-state index is 13.1. The zero-order chi connectivity index (χ0) is 24.7. The summed E-state index contributed by atoms with van der Waals surface area (Å²) >= 11 is 0. The average Bonchev–Trinajstić information content (AvgIpc) is 3.30.